The van der Waals surface area contributed by atoms with Crippen molar-refractivity contribution in [2.75, 3.05) is 0 Å². The smallest absolute Gasteiger partial charge is 0.275 e. The summed E-state index contributed by atoms with van der Waals surface area (Å²) in [6, 6.07) is 5.24. The van der Waals surface area contributed by atoms with Crippen LogP contribution in [0.25, 0.3) is 10.8 Å². The number of benzene rings is 1. The largest absolute Gasteiger partial charge is 0.473 e. The van der Waals surface area contributed by atoms with Gasteiger partial charge in [0.2, 0.25) is 11.8 Å². The second-order valence-electron chi connectivity index (χ2n) is 8.00. The Morgan fingerprint density at radius 1 is 1.44 bits per heavy atom. The molecule has 2 saturated carbocycles. The minimum absolute atomic E-state index is 0.0670. The van der Waals surface area contributed by atoms with Gasteiger partial charge in [-0.25, -0.2) is 4.68 Å². The Morgan fingerprint density at radius 2 is 2.15 bits per heavy atom. The summed E-state index contributed by atoms with van der Waals surface area (Å²) in [5.41, 5.74) is -1.05. The van der Waals surface area contributed by atoms with Crippen molar-refractivity contribution in [3.63, 3.8) is 0 Å². The summed E-state index contributed by atoms with van der Waals surface area (Å²) >= 11 is 3.42. The standard InChI is InChI=1S/C19H22BrN3O4/c1-10-5-15(10)27-17-14-6-11(20)3-4-13(14)18(25)23(22-17)9-16(24)21-12-7-19(2,26)8-12/h3-4,6,10,12,15,26H,5,7-9H2,1-2H3,(H,21,24)/t10-,12?,15+,19?/m1/s1. The third kappa shape index (κ3) is 3.87. The topological polar surface area (TPSA) is 93.5 Å². The molecule has 0 spiro atoms. The van der Waals surface area contributed by atoms with Crippen molar-refractivity contribution in [2.24, 2.45) is 5.92 Å². The van der Waals surface area contributed by atoms with Crippen LogP contribution in [0.15, 0.2) is 27.5 Å². The molecule has 0 radical (unpaired) electrons. The molecule has 1 amide bonds. The molecule has 1 aromatic carbocycles. The van der Waals surface area contributed by atoms with E-state index >= 15 is 0 Å². The molecule has 1 aromatic heterocycles. The van der Waals surface area contributed by atoms with Gasteiger partial charge >= 0.3 is 0 Å². The monoisotopic (exact) mass is 435 g/mol. The lowest BCUT2D eigenvalue weighted by Gasteiger charge is -2.41. The molecule has 0 bridgehead atoms. The van der Waals surface area contributed by atoms with Gasteiger partial charge in [0.15, 0.2) is 0 Å². The first-order valence-corrected chi connectivity index (χ1v) is 9.90. The van der Waals surface area contributed by atoms with Gasteiger partial charge in [-0.15, -0.1) is 5.10 Å². The third-order valence-electron chi connectivity index (χ3n) is 5.22. The number of hydrogen-bond donors (Lipinski definition) is 2. The van der Waals surface area contributed by atoms with Crippen LogP contribution in [0.1, 0.15) is 33.1 Å². The van der Waals surface area contributed by atoms with Crippen LogP contribution >= 0.6 is 15.9 Å². The number of nitrogens with zero attached hydrogens (tertiary/aromatic N) is 2. The Balaban J connectivity index is 1.60. The van der Waals surface area contributed by atoms with Crippen LogP contribution in [0.3, 0.4) is 0 Å². The van der Waals surface area contributed by atoms with Crippen molar-refractivity contribution in [2.45, 2.75) is 57.4 Å². The van der Waals surface area contributed by atoms with E-state index in [1.54, 1.807) is 19.1 Å². The average Bonchev–Trinajstić information content (AvgIpc) is 3.25. The zero-order valence-corrected chi connectivity index (χ0v) is 16.8. The number of aliphatic hydroxyl groups is 1. The maximum Gasteiger partial charge on any atom is 0.275 e. The molecule has 4 rings (SSSR count). The second kappa shape index (κ2) is 6.60. The predicted molar refractivity (Wildman–Crippen MR) is 104 cm³/mol. The Morgan fingerprint density at radius 3 is 2.78 bits per heavy atom. The molecule has 2 aromatic rings. The third-order valence-corrected chi connectivity index (χ3v) is 5.71. The van der Waals surface area contributed by atoms with Gasteiger partial charge in [0, 0.05) is 10.5 Å². The van der Waals surface area contributed by atoms with Gasteiger partial charge in [-0.1, -0.05) is 22.9 Å². The quantitative estimate of drug-likeness (QED) is 0.748. The number of aromatic nitrogens is 2. The second-order valence-corrected chi connectivity index (χ2v) is 8.91. The zero-order chi connectivity index (χ0) is 19.3. The van der Waals surface area contributed by atoms with Crippen molar-refractivity contribution in [1.29, 1.82) is 0 Å². The predicted octanol–water partition coefficient (Wildman–Crippen LogP) is 1.98. The summed E-state index contributed by atoms with van der Waals surface area (Å²) < 4.78 is 7.96. The summed E-state index contributed by atoms with van der Waals surface area (Å²) in [7, 11) is 0. The van der Waals surface area contributed by atoms with Gasteiger partial charge in [0.1, 0.15) is 12.6 Å². The lowest BCUT2D eigenvalue weighted by atomic mass is 9.77. The number of fused-ring (bicyclic) bond motifs is 1. The van der Waals surface area contributed by atoms with Crippen molar-refractivity contribution >= 4 is 32.6 Å². The van der Waals surface area contributed by atoms with E-state index in [0.29, 0.717) is 35.4 Å². The maximum absolute atomic E-state index is 12.8. The number of hydrogen-bond acceptors (Lipinski definition) is 5. The number of carbonyl (C=O) groups excluding carboxylic acids is 1. The molecule has 2 N–H and O–H groups in total. The summed E-state index contributed by atoms with van der Waals surface area (Å²) in [6.45, 7) is 3.66. The highest BCUT2D eigenvalue weighted by molar-refractivity contribution is 9.10. The van der Waals surface area contributed by atoms with Crippen LogP contribution in [0.5, 0.6) is 5.88 Å². The number of carbonyl (C=O) groups is 1. The van der Waals surface area contributed by atoms with E-state index in [4.69, 9.17) is 4.74 Å². The molecule has 2 fully saturated rings. The van der Waals surface area contributed by atoms with Crippen molar-refractivity contribution in [3.05, 3.63) is 33.0 Å². The Hall–Kier alpha value is -1.93. The highest BCUT2D eigenvalue weighted by Gasteiger charge is 2.39. The summed E-state index contributed by atoms with van der Waals surface area (Å²) in [5.74, 6) is 0.538. The first kappa shape index (κ1) is 18.4. The lowest BCUT2D eigenvalue weighted by molar-refractivity contribution is -0.125. The molecular formula is C19H22BrN3O4. The summed E-state index contributed by atoms with van der Waals surface area (Å²) in [6.07, 6.45) is 2.08. The number of amides is 1. The van der Waals surface area contributed by atoms with Gasteiger partial charge in [0.05, 0.1) is 16.4 Å². The van der Waals surface area contributed by atoms with Crippen LogP contribution in [0, 0.1) is 5.92 Å². The molecular weight excluding hydrogens is 414 g/mol. The zero-order valence-electron chi connectivity index (χ0n) is 15.2. The highest BCUT2D eigenvalue weighted by atomic mass is 79.9. The van der Waals surface area contributed by atoms with Crippen LogP contribution < -0.4 is 15.6 Å². The van der Waals surface area contributed by atoms with Gasteiger partial charge < -0.3 is 15.2 Å². The number of halogens is 1. The van der Waals surface area contributed by atoms with Crippen LogP contribution in [-0.4, -0.2) is 38.5 Å². The fraction of sp³-hybridized carbons (Fsp3) is 0.526. The van der Waals surface area contributed by atoms with E-state index in [0.717, 1.165) is 15.6 Å². The molecule has 2 atom stereocenters. The fourth-order valence-corrected chi connectivity index (χ4v) is 3.89. The number of nitrogens with one attached hydrogen (secondary N) is 1. The van der Waals surface area contributed by atoms with E-state index in [1.165, 1.54) is 0 Å². The molecule has 1 heterocycles. The van der Waals surface area contributed by atoms with Gasteiger partial charge in [0.25, 0.3) is 5.56 Å². The number of ether oxygens (including phenoxy) is 1. The van der Waals surface area contributed by atoms with Crippen LogP contribution in [-0.2, 0) is 11.3 Å². The molecule has 2 aliphatic rings. The van der Waals surface area contributed by atoms with E-state index < -0.39 is 5.60 Å². The number of rotatable bonds is 5. The molecule has 7 nitrogen and oxygen atoms in total. The Labute approximate surface area is 164 Å². The molecule has 27 heavy (non-hydrogen) atoms. The van der Waals surface area contributed by atoms with E-state index in [9.17, 15) is 14.7 Å². The van der Waals surface area contributed by atoms with Crippen LogP contribution in [0.2, 0.25) is 0 Å². The molecule has 8 heteroatoms. The molecule has 144 valence electrons. The van der Waals surface area contributed by atoms with E-state index in [2.05, 4.69) is 33.3 Å². The first-order chi connectivity index (χ1) is 12.7. The molecule has 0 unspecified atom stereocenters. The van der Waals surface area contributed by atoms with Gasteiger partial charge in [-0.2, -0.15) is 0 Å². The van der Waals surface area contributed by atoms with E-state index in [-0.39, 0.29) is 30.2 Å². The summed E-state index contributed by atoms with van der Waals surface area (Å²) in [5, 5.41) is 18.1. The van der Waals surface area contributed by atoms with Gasteiger partial charge in [-0.3, -0.25) is 9.59 Å². The molecule has 0 saturated heterocycles. The SMILES string of the molecule is C[C@@H]1C[C@@H]1Oc1nn(CC(=O)NC2CC(C)(O)C2)c(=O)c2ccc(Br)cc12. The maximum atomic E-state index is 12.8. The van der Waals surface area contributed by atoms with Gasteiger partial charge in [-0.05, 0) is 50.3 Å². The van der Waals surface area contributed by atoms with Crippen molar-refractivity contribution < 1.29 is 14.6 Å². The lowest BCUT2D eigenvalue weighted by Crippen LogP contribution is -2.54. The fourth-order valence-electron chi connectivity index (χ4n) is 3.53. The Kier molecular flexibility index (Phi) is 4.50. The van der Waals surface area contributed by atoms with Crippen molar-refractivity contribution in [1.82, 2.24) is 15.1 Å². The minimum Gasteiger partial charge on any atom is -0.473 e. The van der Waals surface area contributed by atoms with E-state index in [1.807, 2.05) is 6.07 Å². The molecule has 2 aliphatic carbocycles. The van der Waals surface area contributed by atoms with Crippen LogP contribution in [0.4, 0.5) is 0 Å². The highest BCUT2D eigenvalue weighted by Crippen LogP contribution is 2.35. The Bertz CT molecular complexity index is 963. The average molecular weight is 436 g/mol. The summed E-state index contributed by atoms with van der Waals surface area (Å²) in [4.78, 5) is 25.1. The molecule has 0 aliphatic heterocycles. The van der Waals surface area contributed by atoms with Crippen molar-refractivity contribution in [3.8, 4) is 5.88 Å². The normalized spacial score (nSPS) is 29.3. The minimum atomic E-state index is -0.717. The first-order valence-electron chi connectivity index (χ1n) is 9.11.